The van der Waals surface area contributed by atoms with Crippen molar-refractivity contribution in [1.29, 1.82) is 0 Å². The van der Waals surface area contributed by atoms with E-state index in [1.807, 2.05) is 13.8 Å². The van der Waals surface area contributed by atoms with Crippen molar-refractivity contribution in [2.24, 2.45) is 0 Å². The van der Waals surface area contributed by atoms with E-state index >= 15 is 0 Å². The molecule has 0 spiro atoms. The third-order valence-corrected chi connectivity index (χ3v) is 5.88. The monoisotopic (exact) mass is 413 g/mol. The lowest BCUT2D eigenvalue weighted by Gasteiger charge is -2.38. The van der Waals surface area contributed by atoms with E-state index in [0.717, 1.165) is 42.4 Å². The van der Waals surface area contributed by atoms with Crippen LogP contribution in [0.25, 0.3) is 11.3 Å². The van der Waals surface area contributed by atoms with Crippen LogP contribution in [0, 0.1) is 12.7 Å². The molecule has 0 radical (unpaired) electrons. The fourth-order valence-corrected chi connectivity index (χ4v) is 4.30. The van der Waals surface area contributed by atoms with Gasteiger partial charge in [0, 0.05) is 23.2 Å². The van der Waals surface area contributed by atoms with Crippen LogP contribution in [0.15, 0.2) is 18.2 Å². The molecular formula is C22H28FN5O2. The maximum atomic E-state index is 13.7. The number of rotatable bonds is 5. The van der Waals surface area contributed by atoms with Gasteiger partial charge in [-0.15, -0.1) is 0 Å². The Hall–Kier alpha value is -2.74. The number of amides is 2. The van der Waals surface area contributed by atoms with Gasteiger partial charge in [-0.05, 0) is 50.5 Å². The molecule has 30 heavy (non-hydrogen) atoms. The standard InChI is InChI=1S/C22H28FN5O2/c1-13-10-15(23)8-9-17(13)19-18-11-24-22(30)28(16-6-4-3-5-7-16)20(18)27-21(26-19)25-14(2)12-29/h8-10,14,16,29H,3-7,11-12H2,1-2H3,(H,24,30)(H,25,26,27)/t14-/m1/s1. The second-order valence-electron chi connectivity index (χ2n) is 8.21. The van der Waals surface area contributed by atoms with Crippen molar-refractivity contribution in [2.45, 2.75) is 64.6 Å². The zero-order valence-corrected chi connectivity index (χ0v) is 17.4. The Labute approximate surface area is 175 Å². The van der Waals surface area contributed by atoms with E-state index in [1.165, 1.54) is 18.6 Å². The quantitative estimate of drug-likeness (QED) is 0.695. The molecule has 1 aromatic carbocycles. The number of nitrogens with zero attached hydrogens (tertiary/aromatic N) is 3. The Balaban J connectivity index is 1.87. The van der Waals surface area contributed by atoms with E-state index in [1.54, 1.807) is 11.0 Å². The van der Waals surface area contributed by atoms with Crippen molar-refractivity contribution in [3.05, 3.63) is 35.1 Å². The minimum absolute atomic E-state index is 0.0713. The SMILES string of the molecule is Cc1cc(F)ccc1-c1nc(N[C@H](C)CO)nc2c1CNC(=O)N2C1CCCCC1. The molecule has 160 valence electrons. The molecule has 2 heterocycles. The molecule has 2 aromatic rings. The van der Waals surface area contributed by atoms with Gasteiger partial charge in [0.1, 0.15) is 11.6 Å². The van der Waals surface area contributed by atoms with E-state index in [4.69, 9.17) is 9.97 Å². The molecule has 1 fully saturated rings. The summed E-state index contributed by atoms with van der Waals surface area (Å²) in [6.07, 6.45) is 5.25. The number of fused-ring (bicyclic) bond motifs is 1. The van der Waals surface area contributed by atoms with Crippen LogP contribution in [0.1, 0.15) is 50.2 Å². The normalized spacial score (nSPS) is 18.0. The van der Waals surface area contributed by atoms with Gasteiger partial charge in [-0.25, -0.2) is 14.2 Å². The molecule has 3 N–H and O–H groups in total. The van der Waals surface area contributed by atoms with E-state index in [2.05, 4.69) is 10.6 Å². The Kier molecular flexibility index (Phi) is 5.85. The highest BCUT2D eigenvalue weighted by molar-refractivity contribution is 5.96. The van der Waals surface area contributed by atoms with Crippen LogP contribution in [-0.2, 0) is 6.54 Å². The lowest BCUT2D eigenvalue weighted by Crippen LogP contribution is -2.51. The number of hydrogen-bond acceptors (Lipinski definition) is 5. The summed E-state index contributed by atoms with van der Waals surface area (Å²) in [4.78, 5) is 24.0. The molecule has 1 aromatic heterocycles. The Morgan fingerprint density at radius 2 is 2.07 bits per heavy atom. The fraction of sp³-hybridized carbons (Fsp3) is 0.500. The summed E-state index contributed by atoms with van der Waals surface area (Å²) in [5.41, 5.74) is 3.07. The van der Waals surface area contributed by atoms with Gasteiger partial charge in [-0.2, -0.15) is 4.98 Å². The number of aliphatic hydroxyl groups excluding tert-OH is 1. The van der Waals surface area contributed by atoms with Crippen LogP contribution >= 0.6 is 0 Å². The molecule has 1 atom stereocenters. The van der Waals surface area contributed by atoms with Crippen LogP contribution in [0.4, 0.5) is 21.0 Å². The number of nitrogens with one attached hydrogen (secondary N) is 2. The van der Waals surface area contributed by atoms with Gasteiger partial charge in [-0.3, -0.25) is 4.90 Å². The lowest BCUT2D eigenvalue weighted by molar-refractivity contribution is 0.239. The summed E-state index contributed by atoms with van der Waals surface area (Å²) in [6, 6.07) is 4.32. The highest BCUT2D eigenvalue weighted by atomic mass is 19.1. The molecule has 4 rings (SSSR count). The molecule has 1 aliphatic heterocycles. The number of benzene rings is 1. The molecule has 8 heteroatoms. The Bertz CT molecular complexity index is 945. The number of carbonyl (C=O) groups excluding carboxylic acids is 1. The molecule has 1 saturated carbocycles. The predicted octanol–water partition coefficient (Wildman–Crippen LogP) is 3.75. The third kappa shape index (κ3) is 3.96. The summed E-state index contributed by atoms with van der Waals surface area (Å²) in [6.45, 7) is 3.92. The topological polar surface area (TPSA) is 90.4 Å². The number of hydrogen-bond donors (Lipinski definition) is 3. The van der Waals surface area contributed by atoms with Crippen LogP contribution in [0.2, 0.25) is 0 Å². The van der Waals surface area contributed by atoms with Gasteiger partial charge in [-0.1, -0.05) is 19.3 Å². The summed E-state index contributed by atoms with van der Waals surface area (Å²) in [5.74, 6) is 0.653. The van der Waals surface area contributed by atoms with Crippen molar-refractivity contribution in [2.75, 3.05) is 16.8 Å². The van der Waals surface area contributed by atoms with Crippen LogP contribution in [-0.4, -0.2) is 39.8 Å². The number of aromatic nitrogens is 2. The van der Waals surface area contributed by atoms with Gasteiger partial charge in [0.05, 0.1) is 18.8 Å². The third-order valence-electron chi connectivity index (χ3n) is 5.88. The summed E-state index contributed by atoms with van der Waals surface area (Å²) in [7, 11) is 0. The van der Waals surface area contributed by atoms with Crippen molar-refractivity contribution in [3.8, 4) is 11.3 Å². The smallest absolute Gasteiger partial charge is 0.323 e. The zero-order chi connectivity index (χ0) is 21.3. The molecule has 2 amide bonds. The van der Waals surface area contributed by atoms with E-state index in [0.29, 0.717) is 24.0 Å². The van der Waals surface area contributed by atoms with Crippen molar-refractivity contribution >= 4 is 17.8 Å². The maximum absolute atomic E-state index is 13.7. The number of urea groups is 1. The van der Waals surface area contributed by atoms with Crippen LogP contribution in [0.3, 0.4) is 0 Å². The van der Waals surface area contributed by atoms with E-state index in [9.17, 15) is 14.3 Å². The van der Waals surface area contributed by atoms with Gasteiger partial charge in [0.2, 0.25) is 5.95 Å². The average Bonchev–Trinajstić information content (AvgIpc) is 2.73. The first kappa shape index (κ1) is 20.5. The van der Waals surface area contributed by atoms with Gasteiger partial charge < -0.3 is 15.7 Å². The van der Waals surface area contributed by atoms with Gasteiger partial charge in [0.15, 0.2) is 0 Å². The Morgan fingerprint density at radius 3 is 2.77 bits per heavy atom. The van der Waals surface area contributed by atoms with E-state index in [-0.39, 0.29) is 30.5 Å². The molecular weight excluding hydrogens is 385 g/mol. The molecule has 0 bridgehead atoms. The molecule has 0 saturated heterocycles. The summed E-state index contributed by atoms with van der Waals surface area (Å²) < 4.78 is 13.7. The van der Waals surface area contributed by atoms with Crippen LogP contribution in [0.5, 0.6) is 0 Å². The molecule has 2 aliphatic rings. The first-order valence-electron chi connectivity index (χ1n) is 10.6. The average molecular weight is 413 g/mol. The first-order valence-corrected chi connectivity index (χ1v) is 10.6. The largest absolute Gasteiger partial charge is 0.394 e. The van der Waals surface area contributed by atoms with Gasteiger partial charge in [0.25, 0.3) is 0 Å². The zero-order valence-electron chi connectivity index (χ0n) is 17.4. The molecule has 1 aliphatic carbocycles. The second-order valence-corrected chi connectivity index (χ2v) is 8.21. The fourth-order valence-electron chi connectivity index (χ4n) is 4.30. The predicted molar refractivity (Wildman–Crippen MR) is 114 cm³/mol. The highest BCUT2D eigenvalue weighted by Gasteiger charge is 2.35. The van der Waals surface area contributed by atoms with Crippen molar-refractivity contribution in [3.63, 3.8) is 0 Å². The summed E-state index contributed by atoms with van der Waals surface area (Å²) >= 11 is 0. The van der Waals surface area contributed by atoms with Gasteiger partial charge >= 0.3 is 6.03 Å². The van der Waals surface area contributed by atoms with Crippen molar-refractivity contribution in [1.82, 2.24) is 15.3 Å². The number of aliphatic hydroxyl groups is 1. The molecule has 7 nitrogen and oxygen atoms in total. The number of carbonyl (C=O) groups is 1. The highest BCUT2D eigenvalue weighted by Crippen LogP contribution is 2.37. The lowest BCUT2D eigenvalue weighted by atomic mass is 9.93. The number of halogens is 1. The number of aryl methyl sites for hydroxylation is 1. The summed E-state index contributed by atoms with van der Waals surface area (Å²) in [5, 5.41) is 15.5. The van der Waals surface area contributed by atoms with Crippen LogP contribution < -0.4 is 15.5 Å². The minimum atomic E-state index is -0.302. The van der Waals surface area contributed by atoms with E-state index < -0.39 is 0 Å². The Morgan fingerprint density at radius 1 is 1.30 bits per heavy atom. The number of anilines is 2. The maximum Gasteiger partial charge on any atom is 0.323 e. The first-order chi connectivity index (χ1) is 14.5. The second kappa shape index (κ2) is 8.55. The minimum Gasteiger partial charge on any atom is -0.394 e. The molecule has 0 unspecified atom stereocenters. The van der Waals surface area contributed by atoms with Crippen molar-refractivity contribution < 1.29 is 14.3 Å².